The fraction of sp³-hybridized carbons (Fsp3) is 1.00. The Bertz CT molecular complexity index is 391. The summed E-state index contributed by atoms with van der Waals surface area (Å²) < 4.78 is 31.6. The minimum atomic E-state index is -3.91. The number of hydrogen-bond acceptors (Lipinski definition) is 3. The Morgan fingerprint density at radius 1 is 0.704 bits per heavy atom. The molecule has 1 atom stereocenters. The molecule has 0 aromatic heterocycles. The molecular formula is C21H46NNaO3S. The Kier molecular flexibility index (Phi) is 24.0. The van der Waals surface area contributed by atoms with Crippen LogP contribution in [0.15, 0.2) is 0 Å². The Hall–Kier alpha value is 0.870. The van der Waals surface area contributed by atoms with E-state index in [2.05, 4.69) is 12.2 Å². The second-order valence-corrected chi connectivity index (χ2v) is 9.48. The second kappa shape index (κ2) is 21.6. The third-order valence-corrected chi connectivity index (χ3v) is 6.48. The molecule has 160 valence electrons. The van der Waals surface area contributed by atoms with Crippen molar-refractivity contribution in [2.45, 2.75) is 121 Å². The maximum atomic E-state index is 11.2. The molecule has 0 aliphatic carbocycles. The van der Waals surface area contributed by atoms with E-state index in [4.69, 9.17) is 4.55 Å². The number of hydrogen-bond donors (Lipinski definition) is 2. The van der Waals surface area contributed by atoms with E-state index in [1.807, 2.05) is 0 Å². The fourth-order valence-electron chi connectivity index (χ4n) is 3.50. The molecule has 4 nitrogen and oxygen atoms in total. The normalized spacial score (nSPS) is 12.7. The maximum absolute atomic E-state index is 11.2. The van der Waals surface area contributed by atoms with E-state index in [1.54, 1.807) is 7.05 Å². The van der Waals surface area contributed by atoms with Crippen molar-refractivity contribution in [2.75, 3.05) is 13.6 Å². The van der Waals surface area contributed by atoms with E-state index in [-0.39, 0.29) is 29.6 Å². The van der Waals surface area contributed by atoms with Crippen LogP contribution < -0.4 is 5.32 Å². The van der Waals surface area contributed by atoms with E-state index in [9.17, 15) is 8.42 Å². The molecule has 0 radical (unpaired) electrons. The zero-order chi connectivity index (χ0) is 19.5. The van der Waals surface area contributed by atoms with E-state index >= 15 is 0 Å². The van der Waals surface area contributed by atoms with Crippen LogP contribution in [0.1, 0.15) is 116 Å². The zero-order valence-corrected chi connectivity index (χ0v) is 18.3. The van der Waals surface area contributed by atoms with Crippen LogP contribution in [0.2, 0.25) is 0 Å². The Morgan fingerprint density at radius 2 is 1.04 bits per heavy atom. The third kappa shape index (κ3) is 21.4. The van der Waals surface area contributed by atoms with Crippen molar-refractivity contribution in [3.8, 4) is 0 Å². The van der Waals surface area contributed by atoms with Crippen molar-refractivity contribution in [3.63, 3.8) is 0 Å². The van der Waals surface area contributed by atoms with Crippen molar-refractivity contribution < 1.29 is 13.0 Å². The SMILES string of the molecule is CCCCCCCCCCCCCCCCCCC(CNC)S(=O)(=O)O.[NaH]. The molecule has 1 unspecified atom stereocenters. The van der Waals surface area contributed by atoms with Crippen LogP contribution in [0.3, 0.4) is 0 Å². The van der Waals surface area contributed by atoms with Gasteiger partial charge in [0.05, 0.1) is 5.25 Å². The van der Waals surface area contributed by atoms with Gasteiger partial charge in [-0.2, -0.15) is 8.42 Å². The molecule has 27 heavy (non-hydrogen) atoms. The van der Waals surface area contributed by atoms with E-state index in [1.165, 1.54) is 89.9 Å². The average Bonchev–Trinajstić information content (AvgIpc) is 2.59. The monoisotopic (exact) mass is 415 g/mol. The topological polar surface area (TPSA) is 66.4 Å². The molecule has 0 aromatic carbocycles. The second-order valence-electron chi connectivity index (χ2n) is 7.79. The standard InChI is InChI=1S/C21H45NO3S.Na.H/c1-3-4-5-6-7-8-9-10-11-12-13-14-15-16-17-18-19-21(20-22-2)26(23,24)25;;/h21-22H,3-20H2,1-2H3,(H,23,24,25);;. The molecule has 0 aliphatic heterocycles. The predicted molar refractivity (Wildman–Crippen MR) is 121 cm³/mol. The van der Waals surface area contributed by atoms with Crippen molar-refractivity contribution in [2.24, 2.45) is 0 Å². The van der Waals surface area contributed by atoms with Crippen LogP contribution in [0, 0.1) is 0 Å². The van der Waals surface area contributed by atoms with Crippen LogP contribution >= 0.6 is 0 Å². The molecule has 2 N–H and O–H groups in total. The molecule has 0 rings (SSSR count). The van der Waals surface area contributed by atoms with E-state index in [0.717, 1.165) is 12.8 Å². The van der Waals surface area contributed by atoms with E-state index < -0.39 is 15.4 Å². The third-order valence-electron chi connectivity index (χ3n) is 5.23. The van der Waals surface area contributed by atoms with Gasteiger partial charge >= 0.3 is 29.6 Å². The summed E-state index contributed by atoms with van der Waals surface area (Å²) in [6.45, 7) is 2.60. The molecule has 0 aliphatic rings. The van der Waals surface area contributed by atoms with Gasteiger partial charge in [0.1, 0.15) is 0 Å². The van der Waals surface area contributed by atoms with Gasteiger partial charge in [-0.15, -0.1) is 0 Å². The van der Waals surface area contributed by atoms with Gasteiger partial charge < -0.3 is 5.32 Å². The van der Waals surface area contributed by atoms with Crippen LogP contribution in [0.5, 0.6) is 0 Å². The molecule has 0 aromatic rings. The molecule has 0 saturated carbocycles. The van der Waals surface area contributed by atoms with Gasteiger partial charge in [-0.1, -0.05) is 110 Å². The zero-order valence-electron chi connectivity index (χ0n) is 17.5. The van der Waals surface area contributed by atoms with Crippen LogP contribution in [0.4, 0.5) is 0 Å². The fourth-order valence-corrected chi connectivity index (χ4v) is 4.35. The first-order valence-corrected chi connectivity index (χ1v) is 12.6. The molecule has 6 heteroatoms. The molecule has 0 fully saturated rings. The van der Waals surface area contributed by atoms with Gasteiger partial charge in [-0.3, -0.25) is 4.55 Å². The van der Waals surface area contributed by atoms with Gasteiger partial charge in [0, 0.05) is 6.54 Å². The van der Waals surface area contributed by atoms with Gasteiger partial charge in [0.2, 0.25) is 0 Å². The van der Waals surface area contributed by atoms with Gasteiger partial charge in [-0.05, 0) is 13.5 Å². The summed E-state index contributed by atoms with van der Waals surface area (Å²) in [6, 6.07) is 0. The first-order valence-electron chi connectivity index (χ1n) is 11.1. The Balaban J connectivity index is 0. The van der Waals surface area contributed by atoms with Crippen LogP contribution in [-0.2, 0) is 10.1 Å². The summed E-state index contributed by atoms with van der Waals surface area (Å²) in [5.41, 5.74) is 0. The molecular weight excluding hydrogens is 369 g/mol. The summed E-state index contributed by atoms with van der Waals surface area (Å²) in [6.07, 6.45) is 21.5. The molecule has 0 saturated heterocycles. The van der Waals surface area contributed by atoms with Gasteiger partial charge in [0.15, 0.2) is 0 Å². The van der Waals surface area contributed by atoms with E-state index in [0.29, 0.717) is 13.0 Å². The average molecular weight is 416 g/mol. The number of unbranched alkanes of at least 4 members (excludes halogenated alkanes) is 15. The minimum absolute atomic E-state index is 0. The van der Waals surface area contributed by atoms with Crippen molar-refractivity contribution in [1.29, 1.82) is 0 Å². The van der Waals surface area contributed by atoms with Crippen LogP contribution in [0.25, 0.3) is 0 Å². The summed E-state index contributed by atoms with van der Waals surface area (Å²) in [7, 11) is -2.20. The van der Waals surface area contributed by atoms with Crippen LogP contribution in [-0.4, -0.2) is 61.4 Å². The first kappa shape index (κ1) is 30.1. The quantitative estimate of drug-likeness (QED) is 0.157. The number of nitrogens with one attached hydrogen (secondary N) is 1. The Morgan fingerprint density at radius 3 is 1.33 bits per heavy atom. The molecule has 0 bridgehead atoms. The van der Waals surface area contributed by atoms with Crippen molar-refractivity contribution in [1.82, 2.24) is 5.32 Å². The number of rotatable bonds is 20. The summed E-state index contributed by atoms with van der Waals surface area (Å²) in [5.74, 6) is 0. The molecule has 0 amide bonds. The molecule has 0 spiro atoms. The van der Waals surface area contributed by atoms with Gasteiger partial charge in [0.25, 0.3) is 10.1 Å². The summed E-state index contributed by atoms with van der Waals surface area (Å²) >= 11 is 0. The first-order chi connectivity index (χ1) is 12.5. The Labute approximate surface area is 192 Å². The van der Waals surface area contributed by atoms with Gasteiger partial charge in [-0.25, -0.2) is 0 Å². The summed E-state index contributed by atoms with van der Waals surface area (Å²) in [4.78, 5) is 0. The predicted octanol–water partition coefficient (Wildman–Crippen LogP) is 5.47. The van der Waals surface area contributed by atoms with Crippen molar-refractivity contribution >= 4 is 39.7 Å². The summed E-state index contributed by atoms with van der Waals surface area (Å²) in [5, 5.41) is 2.19. The van der Waals surface area contributed by atoms with Crippen molar-refractivity contribution in [3.05, 3.63) is 0 Å². The molecule has 0 heterocycles.